The Morgan fingerprint density at radius 1 is 1.50 bits per heavy atom. The van der Waals surface area contributed by atoms with Gasteiger partial charge in [-0.15, -0.1) is 0 Å². The van der Waals surface area contributed by atoms with Gasteiger partial charge in [0.2, 0.25) is 0 Å². The fraction of sp³-hybridized carbons (Fsp3) is 0.750. The van der Waals surface area contributed by atoms with E-state index in [0.717, 1.165) is 37.4 Å². The molecule has 0 bridgehead atoms. The van der Waals surface area contributed by atoms with E-state index in [0.29, 0.717) is 12.5 Å². The lowest BCUT2D eigenvalue weighted by molar-refractivity contribution is -0.144. The Bertz CT molecular complexity index is 524. The van der Waals surface area contributed by atoms with Crippen molar-refractivity contribution in [2.45, 2.75) is 53.2 Å². The van der Waals surface area contributed by atoms with Crippen molar-refractivity contribution in [3.05, 3.63) is 17.0 Å². The Labute approximate surface area is 132 Å². The van der Waals surface area contributed by atoms with Crippen molar-refractivity contribution >= 4 is 5.97 Å². The molecule has 0 amide bonds. The fourth-order valence-corrected chi connectivity index (χ4v) is 3.10. The van der Waals surface area contributed by atoms with Crippen molar-refractivity contribution < 1.29 is 9.53 Å². The second kappa shape index (κ2) is 7.24. The second-order valence-corrected chi connectivity index (χ2v) is 6.26. The highest BCUT2D eigenvalue weighted by Crippen LogP contribution is 2.23. The number of aromatic nitrogens is 2. The average molecular weight is 308 g/mol. The number of hydrogen-bond acceptors (Lipinski definition) is 5. The highest BCUT2D eigenvalue weighted by molar-refractivity contribution is 5.69. The molecule has 124 valence electrons. The minimum Gasteiger partial charge on any atom is -0.465 e. The smallest absolute Gasteiger partial charge is 0.327 e. The van der Waals surface area contributed by atoms with Crippen molar-refractivity contribution in [3.8, 4) is 0 Å². The third-order valence-electron chi connectivity index (χ3n) is 4.55. The van der Waals surface area contributed by atoms with Crippen LogP contribution in [-0.2, 0) is 22.6 Å². The number of rotatable bonds is 6. The van der Waals surface area contributed by atoms with Gasteiger partial charge in [-0.25, -0.2) is 0 Å². The van der Waals surface area contributed by atoms with Gasteiger partial charge >= 0.3 is 5.97 Å². The lowest BCUT2D eigenvalue weighted by atomic mass is 10.0. The van der Waals surface area contributed by atoms with E-state index in [9.17, 15) is 4.79 Å². The molecule has 1 aromatic rings. The second-order valence-electron chi connectivity index (χ2n) is 6.26. The van der Waals surface area contributed by atoms with E-state index in [1.807, 2.05) is 20.8 Å². The fourth-order valence-electron chi connectivity index (χ4n) is 3.10. The first-order valence-corrected chi connectivity index (χ1v) is 8.08. The Hall–Kier alpha value is -1.40. The summed E-state index contributed by atoms with van der Waals surface area (Å²) in [6.45, 7) is 11.5. The molecule has 2 atom stereocenters. The van der Waals surface area contributed by atoms with E-state index in [1.54, 1.807) is 4.68 Å². The zero-order valence-corrected chi connectivity index (χ0v) is 14.1. The SMILES string of the molecule is CCOC(=O)Cn1nc(C)c(CN2CCC(C(C)N)C2)c1C. The van der Waals surface area contributed by atoms with Crippen LogP contribution in [0.5, 0.6) is 0 Å². The quantitative estimate of drug-likeness (QED) is 0.800. The molecule has 2 N–H and O–H groups in total. The molecule has 0 aliphatic carbocycles. The molecule has 1 aliphatic heterocycles. The van der Waals surface area contributed by atoms with E-state index in [4.69, 9.17) is 10.5 Å². The maximum atomic E-state index is 11.6. The van der Waals surface area contributed by atoms with E-state index in [-0.39, 0.29) is 18.6 Å². The van der Waals surface area contributed by atoms with Crippen molar-refractivity contribution in [1.82, 2.24) is 14.7 Å². The third-order valence-corrected chi connectivity index (χ3v) is 4.55. The van der Waals surface area contributed by atoms with Crippen LogP contribution >= 0.6 is 0 Å². The van der Waals surface area contributed by atoms with Gasteiger partial charge in [-0.1, -0.05) is 0 Å². The van der Waals surface area contributed by atoms with Crippen LogP contribution in [0.3, 0.4) is 0 Å². The topological polar surface area (TPSA) is 73.4 Å². The van der Waals surface area contributed by atoms with Gasteiger partial charge in [0.05, 0.1) is 12.3 Å². The summed E-state index contributed by atoms with van der Waals surface area (Å²) in [5.41, 5.74) is 9.27. The van der Waals surface area contributed by atoms with Crippen LogP contribution in [-0.4, -0.2) is 46.4 Å². The maximum Gasteiger partial charge on any atom is 0.327 e. The number of nitrogens with zero attached hydrogens (tertiary/aromatic N) is 3. The molecule has 0 saturated carbocycles. The first kappa shape index (κ1) is 17.0. The zero-order valence-electron chi connectivity index (χ0n) is 14.1. The first-order chi connectivity index (χ1) is 10.4. The summed E-state index contributed by atoms with van der Waals surface area (Å²) < 4.78 is 6.75. The summed E-state index contributed by atoms with van der Waals surface area (Å²) in [5.74, 6) is 0.341. The van der Waals surface area contributed by atoms with Crippen molar-refractivity contribution in [2.75, 3.05) is 19.7 Å². The van der Waals surface area contributed by atoms with Crippen LogP contribution in [0.1, 0.15) is 37.2 Å². The van der Waals surface area contributed by atoms with Crippen molar-refractivity contribution in [3.63, 3.8) is 0 Å². The summed E-state index contributed by atoms with van der Waals surface area (Å²) in [5, 5.41) is 4.49. The van der Waals surface area contributed by atoms with Crippen LogP contribution in [0, 0.1) is 19.8 Å². The molecule has 6 heteroatoms. The molecule has 2 heterocycles. The summed E-state index contributed by atoms with van der Waals surface area (Å²) in [6.07, 6.45) is 1.16. The molecule has 6 nitrogen and oxygen atoms in total. The normalized spacial score (nSPS) is 20.3. The molecule has 1 saturated heterocycles. The van der Waals surface area contributed by atoms with E-state index < -0.39 is 0 Å². The Balaban J connectivity index is 2.03. The molecule has 0 spiro atoms. The number of ether oxygens (including phenoxy) is 1. The number of likely N-dealkylation sites (tertiary alicyclic amines) is 1. The molecule has 0 aromatic carbocycles. The number of nitrogens with two attached hydrogens (primary N) is 1. The molecule has 2 unspecified atom stereocenters. The minimum atomic E-state index is -0.238. The van der Waals surface area contributed by atoms with Gasteiger partial charge in [-0.3, -0.25) is 14.4 Å². The standard InChI is InChI=1S/C16H28N4O2/c1-5-22-16(21)10-20-13(4)15(12(3)18-20)9-19-7-6-14(8-19)11(2)17/h11,14H,5-10,17H2,1-4H3. The first-order valence-electron chi connectivity index (χ1n) is 8.08. The summed E-state index contributed by atoms with van der Waals surface area (Å²) in [4.78, 5) is 14.1. The van der Waals surface area contributed by atoms with Crippen LogP contribution in [0.2, 0.25) is 0 Å². The predicted octanol–water partition coefficient (Wildman–Crippen LogP) is 1.23. The van der Waals surface area contributed by atoms with E-state index in [1.165, 1.54) is 5.56 Å². The molecule has 1 fully saturated rings. The van der Waals surface area contributed by atoms with Crippen LogP contribution in [0.25, 0.3) is 0 Å². The van der Waals surface area contributed by atoms with Gasteiger partial charge in [0.1, 0.15) is 6.54 Å². The number of esters is 1. The largest absolute Gasteiger partial charge is 0.465 e. The van der Waals surface area contributed by atoms with Gasteiger partial charge in [-0.05, 0) is 46.6 Å². The van der Waals surface area contributed by atoms with Crippen molar-refractivity contribution in [2.24, 2.45) is 11.7 Å². The minimum absolute atomic E-state index is 0.184. The number of aryl methyl sites for hydroxylation is 1. The number of hydrogen-bond donors (Lipinski definition) is 1. The van der Waals surface area contributed by atoms with Crippen LogP contribution in [0.15, 0.2) is 0 Å². The van der Waals surface area contributed by atoms with Gasteiger partial charge in [0.25, 0.3) is 0 Å². The predicted molar refractivity (Wildman–Crippen MR) is 85.4 cm³/mol. The lowest BCUT2D eigenvalue weighted by Gasteiger charge is -2.18. The molecule has 1 aliphatic rings. The number of carbonyl (C=O) groups is 1. The van der Waals surface area contributed by atoms with E-state index in [2.05, 4.69) is 16.9 Å². The number of carbonyl (C=O) groups excluding carboxylic acids is 1. The Kier molecular flexibility index (Phi) is 5.58. The van der Waals surface area contributed by atoms with Gasteiger partial charge in [0, 0.05) is 30.4 Å². The third kappa shape index (κ3) is 3.87. The molecular weight excluding hydrogens is 280 g/mol. The Morgan fingerprint density at radius 3 is 2.82 bits per heavy atom. The molecule has 1 aromatic heterocycles. The van der Waals surface area contributed by atoms with E-state index >= 15 is 0 Å². The summed E-state index contributed by atoms with van der Waals surface area (Å²) in [7, 11) is 0. The molecule has 0 radical (unpaired) electrons. The van der Waals surface area contributed by atoms with Crippen LogP contribution in [0.4, 0.5) is 0 Å². The van der Waals surface area contributed by atoms with Crippen LogP contribution < -0.4 is 5.73 Å². The Morgan fingerprint density at radius 2 is 2.23 bits per heavy atom. The van der Waals surface area contributed by atoms with Gasteiger partial charge < -0.3 is 10.5 Å². The highest BCUT2D eigenvalue weighted by atomic mass is 16.5. The lowest BCUT2D eigenvalue weighted by Crippen LogP contribution is -2.29. The molecular formula is C16H28N4O2. The highest BCUT2D eigenvalue weighted by Gasteiger charge is 2.26. The average Bonchev–Trinajstić information content (AvgIpc) is 3.00. The van der Waals surface area contributed by atoms with Gasteiger partial charge in [-0.2, -0.15) is 5.10 Å². The van der Waals surface area contributed by atoms with Gasteiger partial charge in [0.15, 0.2) is 0 Å². The summed E-state index contributed by atoms with van der Waals surface area (Å²) >= 11 is 0. The monoisotopic (exact) mass is 308 g/mol. The molecule has 22 heavy (non-hydrogen) atoms. The maximum absolute atomic E-state index is 11.6. The molecule has 2 rings (SSSR count). The van der Waals surface area contributed by atoms with Crippen molar-refractivity contribution in [1.29, 1.82) is 0 Å². The summed E-state index contributed by atoms with van der Waals surface area (Å²) in [6, 6.07) is 0.249. The zero-order chi connectivity index (χ0) is 16.3.